The van der Waals surface area contributed by atoms with Crippen molar-refractivity contribution in [1.29, 1.82) is 0 Å². The van der Waals surface area contributed by atoms with Gasteiger partial charge in [0.05, 0.1) is 4.88 Å². The zero-order valence-corrected chi connectivity index (χ0v) is 11.8. The number of hydrogen-bond donors (Lipinski definition) is 1. The number of hydrogen-bond acceptors (Lipinski definition) is 3. The predicted octanol–water partition coefficient (Wildman–Crippen LogP) is 2.86. The Morgan fingerprint density at radius 2 is 2.17 bits per heavy atom. The average molecular weight is 263 g/mol. The van der Waals surface area contributed by atoms with Gasteiger partial charge < -0.3 is 5.11 Å². The molecule has 0 saturated heterocycles. The highest BCUT2D eigenvalue weighted by atomic mass is 32.1. The third-order valence-electron chi connectivity index (χ3n) is 3.56. The fourth-order valence-electron chi connectivity index (χ4n) is 2.63. The highest BCUT2D eigenvalue weighted by molar-refractivity contribution is 7.12. The van der Waals surface area contributed by atoms with Crippen LogP contribution >= 0.6 is 11.3 Å². The molecule has 1 aliphatic rings. The van der Waals surface area contributed by atoms with Crippen molar-refractivity contribution in [2.24, 2.45) is 0 Å². The summed E-state index contributed by atoms with van der Waals surface area (Å²) in [6.45, 7) is 4.36. The van der Waals surface area contributed by atoms with Gasteiger partial charge in [0.15, 0.2) is 0 Å². The number of aliphatic hydroxyl groups is 1. The smallest absolute Gasteiger partial charge is 0.104 e. The second-order valence-corrected chi connectivity index (χ2v) is 5.90. The maximum absolute atomic E-state index is 8.68. The first-order valence-corrected chi connectivity index (χ1v) is 7.57. The summed E-state index contributed by atoms with van der Waals surface area (Å²) in [5.74, 6) is 5.68. The zero-order valence-electron chi connectivity index (χ0n) is 11.0. The van der Waals surface area contributed by atoms with Gasteiger partial charge in [-0.2, -0.15) is 0 Å². The Labute approximate surface area is 114 Å². The maximum atomic E-state index is 8.68. The lowest BCUT2D eigenvalue weighted by Gasteiger charge is -2.26. The standard InChI is InChI=1S/C15H21NOS/c1-2-16(13-6-3-4-7-13)12-15-10-9-14(18-15)8-5-11-17/h9-10,13,17H,2-4,6-7,11-12H2,1H3. The molecule has 0 unspecified atom stereocenters. The minimum absolute atomic E-state index is 0.0591. The van der Waals surface area contributed by atoms with Gasteiger partial charge in [0.2, 0.25) is 0 Å². The summed E-state index contributed by atoms with van der Waals surface area (Å²) in [5.41, 5.74) is 0. The molecule has 0 amide bonds. The van der Waals surface area contributed by atoms with Crippen LogP contribution in [0.1, 0.15) is 42.4 Å². The lowest BCUT2D eigenvalue weighted by molar-refractivity contribution is 0.202. The molecule has 1 fully saturated rings. The van der Waals surface area contributed by atoms with Gasteiger partial charge in [-0.3, -0.25) is 4.90 Å². The molecule has 1 N–H and O–H groups in total. The molecule has 1 aliphatic carbocycles. The Balaban J connectivity index is 1.96. The molecule has 1 heterocycles. The van der Waals surface area contributed by atoms with E-state index in [-0.39, 0.29) is 6.61 Å². The lowest BCUT2D eigenvalue weighted by atomic mass is 10.2. The highest BCUT2D eigenvalue weighted by Crippen LogP contribution is 2.26. The number of aliphatic hydroxyl groups excluding tert-OH is 1. The fourth-order valence-corrected chi connectivity index (χ4v) is 3.53. The van der Waals surface area contributed by atoms with Crippen LogP contribution in [0.5, 0.6) is 0 Å². The molecular weight excluding hydrogens is 242 g/mol. The minimum atomic E-state index is -0.0591. The first-order valence-electron chi connectivity index (χ1n) is 6.76. The van der Waals surface area contributed by atoms with Crippen LogP contribution in [0.2, 0.25) is 0 Å². The van der Waals surface area contributed by atoms with E-state index in [1.165, 1.54) is 30.6 Å². The molecule has 1 aromatic heterocycles. The van der Waals surface area contributed by atoms with Crippen molar-refractivity contribution in [3.63, 3.8) is 0 Å². The minimum Gasteiger partial charge on any atom is -0.384 e. The van der Waals surface area contributed by atoms with Crippen molar-refractivity contribution in [2.75, 3.05) is 13.2 Å². The molecule has 0 spiro atoms. The predicted molar refractivity (Wildman–Crippen MR) is 76.6 cm³/mol. The van der Waals surface area contributed by atoms with Gasteiger partial charge in [0.1, 0.15) is 6.61 Å². The van der Waals surface area contributed by atoms with Crippen LogP contribution in [0, 0.1) is 11.8 Å². The van der Waals surface area contributed by atoms with Crippen molar-refractivity contribution in [1.82, 2.24) is 4.90 Å². The summed E-state index contributed by atoms with van der Waals surface area (Å²) in [6, 6.07) is 5.01. The third kappa shape index (κ3) is 3.58. The van der Waals surface area contributed by atoms with E-state index >= 15 is 0 Å². The molecule has 0 bridgehead atoms. The summed E-state index contributed by atoms with van der Waals surface area (Å²) in [7, 11) is 0. The summed E-state index contributed by atoms with van der Waals surface area (Å²) < 4.78 is 0. The third-order valence-corrected chi connectivity index (χ3v) is 4.54. The van der Waals surface area contributed by atoms with Gasteiger partial charge in [-0.25, -0.2) is 0 Å². The molecule has 1 aromatic rings. The first-order chi connectivity index (χ1) is 8.83. The van der Waals surface area contributed by atoms with Crippen LogP contribution in [0.25, 0.3) is 0 Å². The number of thiophene rings is 1. The Morgan fingerprint density at radius 1 is 1.39 bits per heavy atom. The lowest BCUT2D eigenvalue weighted by Crippen LogP contribution is -2.32. The van der Waals surface area contributed by atoms with Gasteiger partial charge in [0.25, 0.3) is 0 Å². The molecule has 1 saturated carbocycles. The molecule has 0 aromatic carbocycles. The van der Waals surface area contributed by atoms with Crippen LogP contribution in [0.4, 0.5) is 0 Å². The molecule has 0 aliphatic heterocycles. The van der Waals surface area contributed by atoms with Crippen molar-refractivity contribution in [3.8, 4) is 11.8 Å². The fraction of sp³-hybridized carbons (Fsp3) is 0.600. The Hall–Kier alpha value is -0.820. The number of rotatable bonds is 4. The average Bonchev–Trinajstić information content (AvgIpc) is 3.04. The van der Waals surface area contributed by atoms with Gasteiger partial charge in [-0.1, -0.05) is 31.6 Å². The molecular formula is C15H21NOS. The molecule has 3 heteroatoms. The summed E-state index contributed by atoms with van der Waals surface area (Å²) in [6.07, 6.45) is 5.49. The topological polar surface area (TPSA) is 23.5 Å². The van der Waals surface area contributed by atoms with E-state index in [0.717, 1.165) is 24.0 Å². The van der Waals surface area contributed by atoms with Crippen molar-refractivity contribution < 1.29 is 5.11 Å². The summed E-state index contributed by atoms with van der Waals surface area (Å²) >= 11 is 1.75. The Morgan fingerprint density at radius 3 is 2.83 bits per heavy atom. The van der Waals surface area contributed by atoms with E-state index in [1.54, 1.807) is 11.3 Å². The van der Waals surface area contributed by atoms with Gasteiger partial charge in [0, 0.05) is 17.5 Å². The van der Waals surface area contributed by atoms with Crippen molar-refractivity contribution in [2.45, 2.75) is 45.2 Å². The first kappa shape index (κ1) is 13.6. The van der Waals surface area contributed by atoms with Gasteiger partial charge >= 0.3 is 0 Å². The Kier molecular flexibility index (Phi) is 5.25. The SMILES string of the molecule is CCN(Cc1ccc(C#CCO)s1)C1CCCC1. The molecule has 2 nitrogen and oxygen atoms in total. The molecule has 18 heavy (non-hydrogen) atoms. The van der Waals surface area contributed by atoms with Crippen molar-refractivity contribution in [3.05, 3.63) is 21.9 Å². The number of nitrogens with zero attached hydrogens (tertiary/aromatic N) is 1. The quantitative estimate of drug-likeness (QED) is 0.844. The van der Waals surface area contributed by atoms with Crippen LogP contribution in [0.3, 0.4) is 0 Å². The van der Waals surface area contributed by atoms with E-state index in [0.29, 0.717) is 0 Å². The van der Waals surface area contributed by atoms with Crippen LogP contribution in [-0.2, 0) is 6.54 Å². The molecule has 98 valence electrons. The second kappa shape index (κ2) is 6.94. The molecule has 2 rings (SSSR count). The maximum Gasteiger partial charge on any atom is 0.104 e. The molecule has 0 radical (unpaired) electrons. The van der Waals surface area contributed by atoms with E-state index in [2.05, 4.69) is 35.8 Å². The normalized spacial score (nSPS) is 15.9. The van der Waals surface area contributed by atoms with Crippen LogP contribution < -0.4 is 0 Å². The van der Waals surface area contributed by atoms with Gasteiger partial charge in [-0.05, 0) is 31.5 Å². The van der Waals surface area contributed by atoms with Gasteiger partial charge in [-0.15, -0.1) is 11.3 Å². The monoisotopic (exact) mass is 263 g/mol. The largest absolute Gasteiger partial charge is 0.384 e. The van der Waals surface area contributed by atoms with E-state index in [4.69, 9.17) is 5.11 Å². The second-order valence-electron chi connectivity index (χ2n) is 4.73. The summed E-state index contributed by atoms with van der Waals surface area (Å²) in [5, 5.41) is 8.68. The van der Waals surface area contributed by atoms with Crippen LogP contribution in [-0.4, -0.2) is 29.2 Å². The van der Waals surface area contributed by atoms with E-state index in [9.17, 15) is 0 Å². The van der Waals surface area contributed by atoms with Crippen molar-refractivity contribution >= 4 is 11.3 Å². The summed E-state index contributed by atoms with van der Waals surface area (Å²) in [4.78, 5) is 5.02. The van der Waals surface area contributed by atoms with E-state index < -0.39 is 0 Å². The van der Waals surface area contributed by atoms with Crippen LogP contribution in [0.15, 0.2) is 12.1 Å². The highest BCUT2D eigenvalue weighted by Gasteiger charge is 2.21. The zero-order chi connectivity index (χ0) is 12.8. The van der Waals surface area contributed by atoms with E-state index in [1.807, 2.05) is 0 Å². The Bertz CT molecular complexity index is 423. The molecule has 0 atom stereocenters.